The van der Waals surface area contributed by atoms with Crippen LogP contribution in [0.4, 0.5) is 4.79 Å². The van der Waals surface area contributed by atoms with Crippen LogP contribution >= 0.6 is 11.3 Å². The molecule has 0 unspecified atom stereocenters. The Hall–Kier alpha value is -3.49. The molecular formula is C27H35N5O5S. The van der Waals surface area contributed by atoms with Gasteiger partial charge in [-0.3, -0.25) is 9.59 Å². The van der Waals surface area contributed by atoms with Gasteiger partial charge in [0, 0.05) is 37.6 Å². The van der Waals surface area contributed by atoms with E-state index in [1.807, 2.05) is 17.5 Å². The fourth-order valence-corrected chi connectivity index (χ4v) is 4.59. The molecule has 10 nitrogen and oxygen atoms in total. The summed E-state index contributed by atoms with van der Waals surface area (Å²) in [5.41, 5.74) is 1.73. The lowest BCUT2D eigenvalue weighted by Crippen LogP contribution is -2.46. The molecule has 1 N–H and O–H groups in total. The number of aromatic nitrogens is 1. The fraction of sp³-hybridized carbons (Fsp3) is 0.519. The molecule has 204 valence electrons. The van der Waals surface area contributed by atoms with Gasteiger partial charge in [0.05, 0.1) is 36.4 Å². The normalized spacial score (nSPS) is 15.4. The Morgan fingerprint density at radius 1 is 1.26 bits per heavy atom. The van der Waals surface area contributed by atoms with Crippen LogP contribution in [0, 0.1) is 17.2 Å². The van der Waals surface area contributed by atoms with E-state index in [9.17, 15) is 14.4 Å². The zero-order valence-electron chi connectivity index (χ0n) is 22.4. The second-order valence-corrected chi connectivity index (χ2v) is 11.1. The van der Waals surface area contributed by atoms with Crippen LogP contribution in [0.5, 0.6) is 0 Å². The third kappa shape index (κ3) is 8.82. The van der Waals surface area contributed by atoms with Crippen LogP contribution in [0.3, 0.4) is 0 Å². The predicted octanol–water partition coefficient (Wildman–Crippen LogP) is 3.42. The second kappa shape index (κ2) is 13.3. The van der Waals surface area contributed by atoms with Crippen molar-refractivity contribution in [3.05, 3.63) is 40.2 Å². The van der Waals surface area contributed by atoms with E-state index in [1.165, 1.54) is 16.2 Å². The Morgan fingerprint density at radius 3 is 2.68 bits per heavy atom. The third-order valence-corrected chi connectivity index (χ3v) is 6.77. The zero-order chi connectivity index (χ0) is 27.7. The topological polar surface area (TPSA) is 125 Å². The highest BCUT2D eigenvalue weighted by Gasteiger charge is 2.28. The lowest BCUT2D eigenvalue weighted by Gasteiger charge is -2.32. The summed E-state index contributed by atoms with van der Waals surface area (Å²) >= 11 is 1.46. The average molecular weight is 542 g/mol. The number of piperidine rings is 1. The van der Waals surface area contributed by atoms with Crippen LogP contribution in [0.1, 0.15) is 44.2 Å². The van der Waals surface area contributed by atoms with Crippen molar-refractivity contribution in [3.8, 4) is 17.3 Å². The predicted molar refractivity (Wildman–Crippen MR) is 143 cm³/mol. The Bertz CT molecular complexity index is 1150. The molecule has 2 aromatic rings. The number of thiazole rings is 1. The number of ether oxygens (including phenoxy) is 2. The number of nitriles is 1. The van der Waals surface area contributed by atoms with Gasteiger partial charge in [-0.05, 0) is 45.7 Å². The first-order valence-corrected chi connectivity index (χ1v) is 13.5. The van der Waals surface area contributed by atoms with Gasteiger partial charge in [-0.2, -0.15) is 5.26 Å². The number of hydrogen-bond acceptors (Lipinski definition) is 8. The molecule has 0 saturated carbocycles. The summed E-state index contributed by atoms with van der Waals surface area (Å²) in [6.07, 6.45) is 1.01. The summed E-state index contributed by atoms with van der Waals surface area (Å²) in [7, 11) is 1.62. The highest BCUT2D eigenvalue weighted by molar-refractivity contribution is 7.09. The number of benzene rings is 1. The highest BCUT2D eigenvalue weighted by atomic mass is 32.1. The van der Waals surface area contributed by atoms with Crippen molar-refractivity contribution in [2.75, 3.05) is 39.9 Å². The SMILES string of the molecule is CN(CCOCC(=O)N1CCC[C@H](C(=O)NCc2nc(-c3ccc(C#N)cc3)cs2)C1)C(=O)OC(C)(C)C. The van der Waals surface area contributed by atoms with Crippen LogP contribution < -0.4 is 5.32 Å². The van der Waals surface area contributed by atoms with E-state index in [2.05, 4.69) is 16.4 Å². The van der Waals surface area contributed by atoms with Gasteiger partial charge in [-0.25, -0.2) is 9.78 Å². The van der Waals surface area contributed by atoms with Crippen LogP contribution in [0.25, 0.3) is 11.3 Å². The summed E-state index contributed by atoms with van der Waals surface area (Å²) in [5.74, 6) is -0.559. The molecule has 1 atom stereocenters. The van der Waals surface area contributed by atoms with Crippen LogP contribution in [-0.4, -0.2) is 78.2 Å². The van der Waals surface area contributed by atoms with Crippen molar-refractivity contribution in [2.24, 2.45) is 5.92 Å². The minimum absolute atomic E-state index is 0.0995. The first-order valence-electron chi connectivity index (χ1n) is 12.6. The van der Waals surface area contributed by atoms with Gasteiger partial charge in [-0.1, -0.05) is 12.1 Å². The van der Waals surface area contributed by atoms with E-state index >= 15 is 0 Å². The van der Waals surface area contributed by atoms with Gasteiger partial charge in [0.1, 0.15) is 17.2 Å². The third-order valence-electron chi connectivity index (χ3n) is 5.92. The van der Waals surface area contributed by atoms with Crippen molar-refractivity contribution < 1.29 is 23.9 Å². The summed E-state index contributed by atoms with van der Waals surface area (Å²) in [6.45, 7) is 7.06. The Balaban J connectivity index is 1.39. The number of nitrogens with one attached hydrogen (secondary N) is 1. The number of hydrogen-bond donors (Lipinski definition) is 1. The molecule has 3 amide bonds. The Kier molecular flexibility index (Phi) is 10.2. The number of carbonyl (C=O) groups is 3. The number of rotatable bonds is 9. The zero-order valence-corrected chi connectivity index (χ0v) is 23.2. The fourth-order valence-electron chi connectivity index (χ4n) is 3.85. The summed E-state index contributed by atoms with van der Waals surface area (Å²) in [5, 5.41) is 14.6. The molecule has 3 rings (SSSR count). The second-order valence-electron chi connectivity index (χ2n) is 10.2. The highest BCUT2D eigenvalue weighted by Crippen LogP contribution is 2.23. The molecule has 38 heavy (non-hydrogen) atoms. The number of likely N-dealkylation sites (tertiary alicyclic amines) is 1. The molecule has 1 saturated heterocycles. The molecule has 1 aromatic heterocycles. The Morgan fingerprint density at radius 2 is 2.00 bits per heavy atom. The first-order chi connectivity index (χ1) is 18.1. The van der Waals surface area contributed by atoms with Crippen LogP contribution in [0.2, 0.25) is 0 Å². The number of nitrogens with zero attached hydrogens (tertiary/aromatic N) is 4. The molecular weight excluding hydrogens is 506 g/mol. The molecule has 0 radical (unpaired) electrons. The summed E-state index contributed by atoms with van der Waals surface area (Å²) in [4.78, 5) is 45.1. The van der Waals surface area contributed by atoms with Crippen molar-refractivity contribution in [3.63, 3.8) is 0 Å². The molecule has 1 aliphatic heterocycles. The largest absolute Gasteiger partial charge is 0.444 e. The molecule has 0 spiro atoms. The van der Waals surface area contributed by atoms with E-state index < -0.39 is 11.7 Å². The van der Waals surface area contributed by atoms with E-state index in [1.54, 1.807) is 44.9 Å². The van der Waals surface area contributed by atoms with Gasteiger partial charge in [0.15, 0.2) is 0 Å². The standard InChI is InChI=1S/C27H35N5O5S/c1-27(2,3)37-26(35)31(4)12-13-36-17-24(33)32-11-5-6-21(16-32)25(34)29-15-23-30-22(18-38-23)20-9-7-19(14-28)8-10-20/h7-10,18,21H,5-6,11-13,15-17H2,1-4H3,(H,29,34)/t21-/m0/s1. The van der Waals surface area contributed by atoms with Gasteiger partial charge < -0.3 is 24.6 Å². The van der Waals surface area contributed by atoms with E-state index in [0.717, 1.165) is 22.7 Å². The summed E-state index contributed by atoms with van der Waals surface area (Å²) in [6, 6.07) is 9.30. The van der Waals surface area contributed by atoms with Crippen LogP contribution in [0.15, 0.2) is 29.6 Å². The minimum atomic E-state index is -0.575. The van der Waals surface area contributed by atoms with Gasteiger partial charge in [0.2, 0.25) is 11.8 Å². The minimum Gasteiger partial charge on any atom is -0.444 e. The molecule has 2 heterocycles. The molecule has 0 aliphatic carbocycles. The Labute approximate surface area is 227 Å². The molecule has 1 aromatic carbocycles. The van der Waals surface area contributed by atoms with Crippen molar-refractivity contribution in [2.45, 2.75) is 45.8 Å². The summed E-state index contributed by atoms with van der Waals surface area (Å²) < 4.78 is 10.8. The molecule has 1 fully saturated rings. The van der Waals surface area contributed by atoms with Crippen LogP contribution in [-0.2, 0) is 25.6 Å². The van der Waals surface area contributed by atoms with E-state index in [-0.39, 0.29) is 30.9 Å². The van der Waals surface area contributed by atoms with Gasteiger partial charge in [0.25, 0.3) is 0 Å². The van der Waals surface area contributed by atoms with E-state index in [4.69, 9.17) is 14.7 Å². The maximum absolute atomic E-state index is 12.8. The number of likely N-dealkylation sites (N-methyl/N-ethyl adjacent to an activating group) is 1. The van der Waals surface area contributed by atoms with Gasteiger partial charge in [-0.15, -0.1) is 11.3 Å². The van der Waals surface area contributed by atoms with Gasteiger partial charge >= 0.3 is 6.09 Å². The van der Waals surface area contributed by atoms with Crippen molar-refractivity contribution >= 4 is 29.2 Å². The molecule has 0 bridgehead atoms. The smallest absolute Gasteiger partial charge is 0.410 e. The number of amides is 3. The quantitative estimate of drug-likeness (QED) is 0.482. The average Bonchev–Trinajstić information content (AvgIpc) is 3.37. The first kappa shape index (κ1) is 29.1. The maximum Gasteiger partial charge on any atom is 0.410 e. The lowest BCUT2D eigenvalue weighted by atomic mass is 9.97. The number of carbonyl (C=O) groups excluding carboxylic acids is 3. The lowest BCUT2D eigenvalue weighted by molar-refractivity contribution is -0.139. The van der Waals surface area contributed by atoms with Crippen molar-refractivity contribution in [1.29, 1.82) is 5.26 Å². The molecule has 1 aliphatic rings. The molecule has 11 heteroatoms. The maximum atomic E-state index is 12.8. The van der Waals surface area contributed by atoms with E-state index in [0.29, 0.717) is 38.2 Å². The monoisotopic (exact) mass is 541 g/mol. The van der Waals surface area contributed by atoms with Crippen molar-refractivity contribution in [1.82, 2.24) is 20.1 Å².